The molecule has 0 atom stereocenters. The van der Waals surface area contributed by atoms with Crippen molar-refractivity contribution in [2.75, 3.05) is 18.8 Å². The number of nitrogens with two attached hydrogens (primary N) is 1. The zero-order valence-corrected chi connectivity index (χ0v) is 11.9. The molecule has 1 aromatic heterocycles. The van der Waals surface area contributed by atoms with Crippen molar-refractivity contribution in [2.24, 2.45) is 0 Å². The van der Waals surface area contributed by atoms with Crippen molar-refractivity contribution in [1.82, 2.24) is 14.7 Å². The van der Waals surface area contributed by atoms with Gasteiger partial charge in [0.15, 0.2) is 0 Å². The van der Waals surface area contributed by atoms with Crippen molar-refractivity contribution in [3.63, 3.8) is 0 Å². The molecule has 0 spiro atoms. The predicted molar refractivity (Wildman–Crippen MR) is 78.8 cm³/mol. The quantitative estimate of drug-likeness (QED) is 0.912. The number of carbonyl (C=O) groups is 1. The molecule has 0 bridgehead atoms. The summed E-state index contributed by atoms with van der Waals surface area (Å²) < 4.78 is 7.30. The maximum Gasteiger partial charge on any atom is 0.244 e. The summed E-state index contributed by atoms with van der Waals surface area (Å²) >= 11 is 0. The first-order valence-electron chi connectivity index (χ1n) is 6.91. The van der Waals surface area contributed by atoms with Crippen molar-refractivity contribution < 1.29 is 9.53 Å². The molecular formula is C15H18N4O2. The Morgan fingerprint density at radius 1 is 1.38 bits per heavy atom. The van der Waals surface area contributed by atoms with Crippen LogP contribution in [0.4, 0.5) is 5.82 Å². The number of aromatic nitrogens is 2. The van der Waals surface area contributed by atoms with Gasteiger partial charge in [0.1, 0.15) is 24.2 Å². The van der Waals surface area contributed by atoms with Crippen LogP contribution in [0.2, 0.25) is 0 Å². The lowest BCUT2D eigenvalue weighted by molar-refractivity contribution is -0.140. The van der Waals surface area contributed by atoms with Gasteiger partial charge in [-0.15, -0.1) is 0 Å². The van der Waals surface area contributed by atoms with Crippen molar-refractivity contribution in [3.8, 4) is 5.75 Å². The van der Waals surface area contributed by atoms with Crippen LogP contribution in [0, 0.1) is 6.92 Å². The van der Waals surface area contributed by atoms with E-state index in [1.807, 2.05) is 37.3 Å². The molecule has 2 aromatic rings. The van der Waals surface area contributed by atoms with E-state index in [4.69, 9.17) is 10.5 Å². The standard InChI is InChI=1S/C15H18N4O2/c1-11-7-14(16)19(17-11)10-15(20)18-8-13(9-18)21-12-5-3-2-4-6-12/h2-7,13H,8-10,16H2,1H3. The summed E-state index contributed by atoms with van der Waals surface area (Å²) in [4.78, 5) is 13.9. The second kappa shape index (κ2) is 5.47. The van der Waals surface area contributed by atoms with Crippen LogP contribution in [0.5, 0.6) is 5.75 Å². The fourth-order valence-corrected chi connectivity index (χ4v) is 2.33. The van der Waals surface area contributed by atoms with Crippen LogP contribution in [-0.2, 0) is 11.3 Å². The molecule has 1 saturated heterocycles. The van der Waals surface area contributed by atoms with E-state index in [2.05, 4.69) is 5.10 Å². The second-order valence-electron chi connectivity index (χ2n) is 5.22. The summed E-state index contributed by atoms with van der Waals surface area (Å²) in [5, 5.41) is 4.19. The van der Waals surface area contributed by atoms with Gasteiger partial charge in [-0.2, -0.15) is 5.10 Å². The lowest BCUT2D eigenvalue weighted by Gasteiger charge is -2.39. The average molecular weight is 286 g/mol. The average Bonchev–Trinajstić information content (AvgIpc) is 2.72. The van der Waals surface area contributed by atoms with E-state index in [-0.39, 0.29) is 18.6 Å². The fraction of sp³-hybridized carbons (Fsp3) is 0.333. The summed E-state index contributed by atoms with van der Waals surface area (Å²) in [7, 11) is 0. The lowest BCUT2D eigenvalue weighted by atomic mass is 10.1. The number of benzene rings is 1. The molecule has 1 aliphatic rings. The van der Waals surface area contributed by atoms with Crippen molar-refractivity contribution in [1.29, 1.82) is 0 Å². The molecule has 1 amide bonds. The Hall–Kier alpha value is -2.50. The minimum absolute atomic E-state index is 0.0118. The van der Waals surface area contributed by atoms with E-state index >= 15 is 0 Å². The van der Waals surface area contributed by atoms with Crippen molar-refractivity contribution in [3.05, 3.63) is 42.1 Å². The molecule has 0 saturated carbocycles. The summed E-state index contributed by atoms with van der Waals surface area (Å²) in [6.07, 6.45) is 0.0630. The number of anilines is 1. The molecule has 1 aliphatic heterocycles. The molecule has 1 aromatic carbocycles. The molecule has 0 unspecified atom stereocenters. The predicted octanol–water partition coefficient (Wildman–Crippen LogP) is 1.06. The van der Waals surface area contributed by atoms with Crippen LogP contribution in [-0.4, -0.2) is 39.8 Å². The summed E-state index contributed by atoms with van der Waals surface area (Å²) in [5.74, 6) is 1.36. The third-order valence-corrected chi connectivity index (χ3v) is 3.46. The van der Waals surface area contributed by atoms with Gasteiger partial charge in [0.05, 0.1) is 18.8 Å². The molecule has 21 heavy (non-hydrogen) atoms. The van der Waals surface area contributed by atoms with Gasteiger partial charge in [0, 0.05) is 6.07 Å². The van der Waals surface area contributed by atoms with Gasteiger partial charge in [-0.25, -0.2) is 4.68 Å². The largest absolute Gasteiger partial charge is 0.487 e. The van der Waals surface area contributed by atoms with E-state index in [0.29, 0.717) is 18.9 Å². The summed E-state index contributed by atoms with van der Waals surface area (Å²) in [6, 6.07) is 11.4. The monoisotopic (exact) mass is 286 g/mol. The van der Waals surface area contributed by atoms with E-state index in [9.17, 15) is 4.79 Å². The maximum atomic E-state index is 12.1. The molecule has 2 heterocycles. The summed E-state index contributed by atoms with van der Waals surface area (Å²) in [5.41, 5.74) is 6.60. The Labute approximate surface area is 123 Å². The number of ether oxygens (including phenoxy) is 1. The summed E-state index contributed by atoms with van der Waals surface area (Å²) in [6.45, 7) is 3.24. The Kier molecular flexibility index (Phi) is 3.51. The Morgan fingerprint density at radius 2 is 2.10 bits per heavy atom. The molecule has 2 N–H and O–H groups in total. The molecule has 0 radical (unpaired) electrons. The zero-order valence-electron chi connectivity index (χ0n) is 11.9. The van der Waals surface area contributed by atoms with Gasteiger partial charge in [0.25, 0.3) is 0 Å². The maximum absolute atomic E-state index is 12.1. The van der Waals surface area contributed by atoms with Crippen LogP contribution in [0.1, 0.15) is 5.69 Å². The van der Waals surface area contributed by atoms with E-state index in [1.54, 1.807) is 11.0 Å². The number of rotatable bonds is 4. The molecule has 0 aliphatic carbocycles. The SMILES string of the molecule is Cc1cc(N)n(CC(=O)N2CC(Oc3ccccc3)C2)n1. The van der Waals surface area contributed by atoms with E-state index in [1.165, 1.54) is 4.68 Å². The first-order valence-corrected chi connectivity index (χ1v) is 6.91. The number of hydrogen-bond donors (Lipinski definition) is 1. The topological polar surface area (TPSA) is 73.4 Å². The van der Waals surface area contributed by atoms with Crippen LogP contribution in [0.25, 0.3) is 0 Å². The van der Waals surface area contributed by atoms with Crippen LogP contribution in [0.15, 0.2) is 36.4 Å². The normalized spacial score (nSPS) is 14.8. The second-order valence-corrected chi connectivity index (χ2v) is 5.22. The number of nitrogen functional groups attached to an aromatic ring is 1. The molecule has 1 fully saturated rings. The van der Waals surface area contributed by atoms with Crippen molar-refractivity contribution >= 4 is 11.7 Å². The third-order valence-electron chi connectivity index (χ3n) is 3.46. The minimum Gasteiger partial charge on any atom is -0.487 e. The van der Waals surface area contributed by atoms with Crippen LogP contribution >= 0.6 is 0 Å². The van der Waals surface area contributed by atoms with Gasteiger partial charge < -0.3 is 15.4 Å². The number of aryl methyl sites for hydroxylation is 1. The van der Waals surface area contributed by atoms with Crippen LogP contribution < -0.4 is 10.5 Å². The highest BCUT2D eigenvalue weighted by molar-refractivity contribution is 5.77. The van der Waals surface area contributed by atoms with Gasteiger partial charge in [-0.3, -0.25) is 4.79 Å². The molecule has 6 nitrogen and oxygen atoms in total. The van der Waals surface area contributed by atoms with Gasteiger partial charge >= 0.3 is 0 Å². The van der Waals surface area contributed by atoms with Gasteiger partial charge in [0.2, 0.25) is 5.91 Å². The first kappa shape index (κ1) is 13.5. The van der Waals surface area contributed by atoms with Gasteiger partial charge in [-0.05, 0) is 19.1 Å². The Bertz CT molecular complexity index is 632. The fourth-order valence-electron chi connectivity index (χ4n) is 2.33. The van der Waals surface area contributed by atoms with E-state index < -0.39 is 0 Å². The number of likely N-dealkylation sites (tertiary alicyclic amines) is 1. The van der Waals surface area contributed by atoms with Crippen molar-refractivity contribution in [2.45, 2.75) is 19.6 Å². The van der Waals surface area contributed by atoms with E-state index in [0.717, 1.165) is 11.4 Å². The number of nitrogens with zero attached hydrogens (tertiary/aromatic N) is 3. The number of para-hydroxylation sites is 1. The Morgan fingerprint density at radius 3 is 2.71 bits per heavy atom. The van der Waals surface area contributed by atoms with Crippen LogP contribution in [0.3, 0.4) is 0 Å². The molecule has 6 heteroatoms. The molecular weight excluding hydrogens is 268 g/mol. The lowest BCUT2D eigenvalue weighted by Crippen LogP contribution is -2.57. The van der Waals surface area contributed by atoms with Gasteiger partial charge in [-0.1, -0.05) is 18.2 Å². The highest BCUT2D eigenvalue weighted by Crippen LogP contribution is 2.18. The highest BCUT2D eigenvalue weighted by Gasteiger charge is 2.32. The molecule has 110 valence electrons. The smallest absolute Gasteiger partial charge is 0.244 e. The number of carbonyl (C=O) groups excluding carboxylic acids is 1. The first-order chi connectivity index (χ1) is 10.1. The zero-order chi connectivity index (χ0) is 14.8. The highest BCUT2D eigenvalue weighted by atomic mass is 16.5. The molecule has 3 rings (SSSR count). The number of hydrogen-bond acceptors (Lipinski definition) is 4. The third kappa shape index (κ3) is 2.99. The number of amides is 1. The Balaban J connectivity index is 1.49. The minimum atomic E-state index is 0.0118.